The summed E-state index contributed by atoms with van der Waals surface area (Å²) in [7, 11) is 0. The van der Waals surface area contributed by atoms with Gasteiger partial charge < -0.3 is 38.1 Å². The summed E-state index contributed by atoms with van der Waals surface area (Å²) in [5, 5.41) is 7.88. The molecule has 1 aliphatic heterocycles. The second-order valence-corrected chi connectivity index (χ2v) is 8.99. The van der Waals surface area contributed by atoms with Crippen molar-refractivity contribution in [3.8, 4) is 0 Å². The molecule has 1 aliphatic rings. The summed E-state index contributed by atoms with van der Waals surface area (Å²) in [5.41, 5.74) is 0.204. The molecule has 1 aromatic carbocycles. The molecular formula is C23H32ClN5O4. The first-order chi connectivity index (χ1) is 15.2. The van der Waals surface area contributed by atoms with Gasteiger partial charge in [0.15, 0.2) is 5.69 Å². The van der Waals surface area contributed by atoms with E-state index in [2.05, 4.69) is 25.9 Å². The van der Waals surface area contributed by atoms with Gasteiger partial charge in [-0.3, -0.25) is 9.59 Å². The van der Waals surface area contributed by atoms with Gasteiger partial charge in [-0.15, -0.1) is 0 Å². The third-order valence-corrected chi connectivity index (χ3v) is 5.13. The normalized spacial score (nSPS) is 15.1. The first-order valence-electron chi connectivity index (χ1n) is 11.0. The highest BCUT2D eigenvalue weighted by Gasteiger charge is 2.30. The number of nitrogens with zero attached hydrogens (tertiary/aromatic N) is 1. The smallest absolute Gasteiger partial charge is 0.329 e. The number of nitrogens with two attached hydrogens (primary N) is 1. The van der Waals surface area contributed by atoms with Crippen molar-refractivity contribution in [1.29, 1.82) is 0 Å². The number of H-pyrrole nitrogens is 1. The van der Waals surface area contributed by atoms with Crippen LogP contribution >= 0.6 is 0 Å². The Balaban J connectivity index is 0.00000385. The summed E-state index contributed by atoms with van der Waals surface area (Å²) in [6, 6.07) is 8.50. The van der Waals surface area contributed by atoms with Gasteiger partial charge in [0, 0.05) is 25.3 Å². The monoisotopic (exact) mass is 477 g/mol. The van der Waals surface area contributed by atoms with Gasteiger partial charge in [0.1, 0.15) is 17.3 Å². The van der Waals surface area contributed by atoms with E-state index in [0.29, 0.717) is 0 Å². The van der Waals surface area contributed by atoms with Crippen LogP contribution in [0.5, 0.6) is 0 Å². The number of aromatic nitrogens is 2. The van der Waals surface area contributed by atoms with Crippen LogP contribution in [0.2, 0.25) is 0 Å². The Morgan fingerprint density at radius 3 is 2.45 bits per heavy atom. The fourth-order valence-electron chi connectivity index (χ4n) is 3.61. The number of imidazole rings is 1. The average Bonchev–Trinajstić information content (AvgIpc) is 3.24. The summed E-state index contributed by atoms with van der Waals surface area (Å²) in [6.07, 6.45) is 3.31. The molecular weight excluding hydrogens is 446 g/mol. The number of benzene rings is 1. The Labute approximate surface area is 199 Å². The van der Waals surface area contributed by atoms with Gasteiger partial charge in [0.05, 0.1) is 19.4 Å². The lowest BCUT2D eigenvalue weighted by Crippen LogP contribution is -3.00. The van der Waals surface area contributed by atoms with Crippen LogP contribution in [-0.4, -0.2) is 58.5 Å². The summed E-state index contributed by atoms with van der Waals surface area (Å²) >= 11 is 0. The lowest BCUT2D eigenvalue weighted by Gasteiger charge is -2.24. The lowest BCUT2D eigenvalue weighted by molar-refractivity contribution is -0.663. The number of quaternary nitrogens is 1. The van der Waals surface area contributed by atoms with E-state index in [1.807, 2.05) is 30.3 Å². The maximum Gasteiger partial charge on any atom is 0.329 e. The number of hydrogen-bond acceptors (Lipinski definition) is 5. The van der Waals surface area contributed by atoms with Crippen molar-refractivity contribution in [2.45, 2.75) is 57.7 Å². The lowest BCUT2D eigenvalue weighted by atomic mass is 10.0. The molecule has 2 heterocycles. The van der Waals surface area contributed by atoms with Crippen LogP contribution in [0.3, 0.4) is 0 Å². The van der Waals surface area contributed by atoms with Gasteiger partial charge in [-0.2, -0.15) is 0 Å². The molecule has 0 radical (unpaired) electrons. The molecule has 180 valence electrons. The third kappa shape index (κ3) is 7.87. The molecule has 2 aromatic rings. The number of aromatic amines is 1. The SMILES string of the molecule is CC(C)(C)OC(=O)C(Cc1ccccc1)NC(=O)c1nc[nH]c1C(=O)NC1CC[NH2+]CC1.[Cl-]. The highest BCUT2D eigenvalue weighted by atomic mass is 35.5. The predicted molar refractivity (Wildman–Crippen MR) is 118 cm³/mol. The summed E-state index contributed by atoms with van der Waals surface area (Å²) in [4.78, 5) is 45.3. The van der Waals surface area contributed by atoms with Crippen LogP contribution in [0, 0.1) is 0 Å². The number of nitrogens with one attached hydrogen (secondary N) is 3. The summed E-state index contributed by atoms with van der Waals surface area (Å²) < 4.78 is 5.50. The van der Waals surface area contributed by atoms with Gasteiger partial charge in [0.2, 0.25) is 0 Å². The Morgan fingerprint density at radius 2 is 1.82 bits per heavy atom. The van der Waals surface area contributed by atoms with E-state index < -0.39 is 23.5 Å². The van der Waals surface area contributed by atoms with E-state index in [-0.39, 0.29) is 42.2 Å². The molecule has 3 rings (SSSR count). The maximum atomic E-state index is 13.0. The first kappa shape index (κ1) is 26.3. The fraction of sp³-hybridized carbons (Fsp3) is 0.478. The van der Waals surface area contributed by atoms with Crippen LogP contribution < -0.4 is 28.4 Å². The molecule has 0 aliphatic carbocycles. The topological polar surface area (TPSA) is 130 Å². The molecule has 33 heavy (non-hydrogen) atoms. The number of hydrogen-bond donors (Lipinski definition) is 4. The zero-order valence-electron chi connectivity index (χ0n) is 19.2. The van der Waals surface area contributed by atoms with E-state index >= 15 is 0 Å². The molecule has 2 amide bonds. The van der Waals surface area contributed by atoms with E-state index in [0.717, 1.165) is 31.5 Å². The maximum absolute atomic E-state index is 13.0. The van der Waals surface area contributed by atoms with Crippen molar-refractivity contribution < 1.29 is 36.8 Å². The number of esters is 1. The fourth-order valence-corrected chi connectivity index (χ4v) is 3.61. The molecule has 10 heteroatoms. The van der Waals surface area contributed by atoms with Crippen molar-refractivity contribution in [2.24, 2.45) is 0 Å². The van der Waals surface area contributed by atoms with Crippen molar-refractivity contribution in [1.82, 2.24) is 20.6 Å². The van der Waals surface area contributed by atoms with E-state index in [4.69, 9.17) is 4.74 Å². The quantitative estimate of drug-likeness (QED) is 0.329. The summed E-state index contributed by atoms with van der Waals surface area (Å²) in [6.45, 7) is 7.22. The highest BCUT2D eigenvalue weighted by molar-refractivity contribution is 6.05. The second-order valence-electron chi connectivity index (χ2n) is 8.99. The Bertz CT molecular complexity index is 936. The van der Waals surface area contributed by atoms with Crippen LogP contribution in [-0.2, 0) is 16.0 Å². The molecule has 1 aromatic heterocycles. The minimum atomic E-state index is -0.925. The predicted octanol–water partition coefficient (Wildman–Crippen LogP) is -2.45. The number of carbonyl (C=O) groups is 3. The zero-order chi connectivity index (χ0) is 23.1. The van der Waals surface area contributed by atoms with E-state index in [1.54, 1.807) is 20.8 Å². The van der Waals surface area contributed by atoms with Crippen LogP contribution in [0.4, 0.5) is 0 Å². The Morgan fingerprint density at radius 1 is 1.15 bits per heavy atom. The van der Waals surface area contributed by atoms with Crippen molar-refractivity contribution in [2.75, 3.05) is 13.1 Å². The van der Waals surface area contributed by atoms with E-state index in [1.165, 1.54) is 6.33 Å². The standard InChI is InChI=1S/C23H31N5O4.ClH/c1-23(2,3)32-22(31)17(13-15-7-5-4-6-8-15)28-21(30)19-18(25-14-26-19)20(29)27-16-9-11-24-12-10-16;/h4-8,14,16-17,24H,9-13H2,1-3H3,(H,25,26)(H,27,29)(H,28,30);1H. The number of ether oxygens (including phenoxy) is 1. The van der Waals surface area contributed by atoms with E-state index in [9.17, 15) is 14.4 Å². The van der Waals surface area contributed by atoms with Gasteiger partial charge in [0.25, 0.3) is 11.8 Å². The number of carbonyl (C=O) groups excluding carboxylic acids is 3. The zero-order valence-corrected chi connectivity index (χ0v) is 19.9. The van der Waals surface area contributed by atoms with Gasteiger partial charge in [-0.1, -0.05) is 30.3 Å². The van der Waals surface area contributed by atoms with Gasteiger partial charge in [-0.25, -0.2) is 9.78 Å². The minimum absolute atomic E-state index is 0. The summed E-state index contributed by atoms with van der Waals surface area (Å²) in [5.74, 6) is -1.54. The first-order valence-corrected chi connectivity index (χ1v) is 11.0. The minimum Gasteiger partial charge on any atom is -1.00 e. The molecule has 1 fully saturated rings. The second kappa shape index (κ2) is 11.8. The average molecular weight is 478 g/mol. The molecule has 9 nitrogen and oxygen atoms in total. The largest absolute Gasteiger partial charge is 1.00 e. The molecule has 5 N–H and O–H groups in total. The van der Waals surface area contributed by atoms with Gasteiger partial charge in [-0.05, 0) is 26.3 Å². The molecule has 0 saturated carbocycles. The third-order valence-electron chi connectivity index (χ3n) is 5.13. The molecule has 1 unspecified atom stereocenters. The van der Waals surface area contributed by atoms with Crippen LogP contribution in [0.25, 0.3) is 0 Å². The highest BCUT2D eigenvalue weighted by Crippen LogP contribution is 2.13. The van der Waals surface area contributed by atoms with Crippen molar-refractivity contribution in [3.63, 3.8) is 0 Å². The Kier molecular flexibility index (Phi) is 9.43. The molecule has 0 bridgehead atoms. The number of halogens is 1. The number of piperidine rings is 1. The van der Waals surface area contributed by atoms with Crippen molar-refractivity contribution in [3.05, 3.63) is 53.6 Å². The molecule has 0 spiro atoms. The molecule has 1 saturated heterocycles. The molecule has 1 atom stereocenters. The van der Waals surface area contributed by atoms with Crippen LogP contribution in [0.15, 0.2) is 36.7 Å². The van der Waals surface area contributed by atoms with Gasteiger partial charge >= 0.3 is 5.97 Å². The number of rotatable bonds is 7. The van der Waals surface area contributed by atoms with Crippen LogP contribution in [0.1, 0.15) is 60.2 Å². The Hall–Kier alpha value is -2.91. The van der Waals surface area contributed by atoms with Crippen molar-refractivity contribution >= 4 is 17.8 Å². The number of amides is 2.